The van der Waals surface area contributed by atoms with Crippen molar-refractivity contribution in [3.8, 4) is 5.75 Å². The summed E-state index contributed by atoms with van der Waals surface area (Å²) in [4.78, 5) is 25.8. The standard InChI is InChI=1S/C20H25FN2O6S/c1-11(30(4,27)28)7-8-22(2)17-15(21)9-13-16(19(17)29-3)23(12-5-6-12)10-14(18(13)24)20(25)26/h9-12H,5-8H2,1-4H3,(H,25,26). The van der Waals surface area contributed by atoms with E-state index >= 15 is 4.39 Å². The molecule has 1 saturated carbocycles. The van der Waals surface area contributed by atoms with Crippen LogP contribution < -0.4 is 15.1 Å². The monoisotopic (exact) mass is 440 g/mol. The SMILES string of the molecule is COc1c(N(C)CCC(C)S(C)(=O)=O)c(F)cc2c(=O)c(C(=O)O)cn(C3CC3)c12. The third-order valence-electron chi connectivity index (χ3n) is 5.56. The molecule has 0 radical (unpaired) electrons. The van der Waals surface area contributed by atoms with Crippen molar-refractivity contribution < 1.29 is 27.4 Å². The number of methoxy groups -OCH3 is 1. The Bertz CT molecular complexity index is 1170. The summed E-state index contributed by atoms with van der Waals surface area (Å²) in [6.07, 6.45) is 4.36. The van der Waals surface area contributed by atoms with Gasteiger partial charge in [0.25, 0.3) is 0 Å². The van der Waals surface area contributed by atoms with Crippen molar-refractivity contribution in [2.45, 2.75) is 37.5 Å². The number of halogens is 1. The van der Waals surface area contributed by atoms with E-state index in [-0.39, 0.29) is 35.8 Å². The summed E-state index contributed by atoms with van der Waals surface area (Å²) in [6.45, 7) is 1.84. The fraction of sp³-hybridized carbons (Fsp3) is 0.500. The van der Waals surface area contributed by atoms with E-state index in [4.69, 9.17) is 4.74 Å². The summed E-state index contributed by atoms with van der Waals surface area (Å²) in [6, 6.07) is 1.05. The fourth-order valence-corrected chi connectivity index (χ4v) is 4.02. The average molecular weight is 440 g/mol. The number of aromatic nitrogens is 1. The predicted octanol–water partition coefficient (Wildman–Crippen LogP) is 2.44. The highest BCUT2D eigenvalue weighted by molar-refractivity contribution is 7.91. The van der Waals surface area contributed by atoms with E-state index in [1.165, 1.54) is 13.3 Å². The van der Waals surface area contributed by atoms with Crippen molar-refractivity contribution in [1.82, 2.24) is 4.57 Å². The lowest BCUT2D eigenvalue weighted by atomic mass is 10.1. The van der Waals surface area contributed by atoms with Crippen LogP contribution in [0.2, 0.25) is 0 Å². The number of nitrogens with zero attached hydrogens (tertiary/aromatic N) is 2. The van der Waals surface area contributed by atoms with Crippen molar-refractivity contribution in [1.29, 1.82) is 0 Å². The van der Waals surface area contributed by atoms with Gasteiger partial charge in [0, 0.05) is 32.1 Å². The summed E-state index contributed by atoms with van der Waals surface area (Å²) < 4.78 is 45.7. The summed E-state index contributed by atoms with van der Waals surface area (Å²) in [5, 5.41) is 8.72. The second kappa shape index (κ2) is 7.90. The molecule has 0 amide bonds. The number of pyridine rings is 1. The Morgan fingerprint density at radius 1 is 1.43 bits per heavy atom. The number of aromatic carboxylic acids is 1. The number of fused-ring (bicyclic) bond motifs is 1. The molecule has 8 nitrogen and oxygen atoms in total. The number of carboxylic acids is 1. The molecule has 3 rings (SSSR count). The summed E-state index contributed by atoms with van der Waals surface area (Å²) in [5.41, 5.74) is -0.748. The zero-order valence-corrected chi connectivity index (χ0v) is 18.1. The molecule has 1 fully saturated rings. The number of anilines is 1. The number of carbonyl (C=O) groups is 1. The van der Waals surface area contributed by atoms with Gasteiger partial charge in [-0.25, -0.2) is 17.6 Å². The predicted molar refractivity (Wildman–Crippen MR) is 112 cm³/mol. The molecule has 1 heterocycles. The van der Waals surface area contributed by atoms with Crippen molar-refractivity contribution in [2.75, 3.05) is 31.9 Å². The molecule has 164 valence electrons. The van der Waals surface area contributed by atoms with E-state index < -0.39 is 37.9 Å². The zero-order valence-electron chi connectivity index (χ0n) is 17.3. The van der Waals surface area contributed by atoms with Crippen LogP contribution in [0.3, 0.4) is 0 Å². The number of hydrogen-bond donors (Lipinski definition) is 1. The maximum absolute atomic E-state index is 15.1. The first-order chi connectivity index (χ1) is 14.0. The van der Waals surface area contributed by atoms with Gasteiger partial charge < -0.3 is 19.3 Å². The van der Waals surface area contributed by atoms with Crippen LogP contribution in [0.1, 0.15) is 42.6 Å². The average Bonchev–Trinajstić information content (AvgIpc) is 3.49. The molecule has 1 atom stereocenters. The summed E-state index contributed by atoms with van der Waals surface area (Å²) in [7, 11) is -0.245. The molecule has 10 heteroatoms. The summed E-state index contributed by atoms with van der Waals surface area (Å²) >= 11 is 0. The Kier molecular flexibility index (Phi) is 5.81. The highest BCUT2D eigenvalue weighted by Gasteiger charge is 2.31. The van der Waals surface area contributed by atoms with Gasteiger partial charge in [0.15, 0.2) is 11.6 Å². The van der Waals surface area contributed by atoms with Crippen LogP contribution in [0.25, 0.3) is 10.9 Å². The second-order valence-corrected chi connectivity index (χ2v) is 10.3. The molecule has 30 heavy (non-hydrogen) atoms. The van der Waals surface area contributed by atoms with Crippen LogP contribution in [0.15, 0.2) is 17.1 Å². The lowest BCUT2D eigenvalue weighted by Gasteiger charge is -2.25. The molecule has 0 aliphatic heterocycles. The van der Waals surface area contributed by atoms with E-state index in [9.17, 15) is 23.1 Å². The Morgan fingerprint density at radius 3 is 2.57 bits per heavy atom. The van der Waals surface area contributed by atoms with E-state index in [1.54, 1.807) is 23.4 Å². The molecular weight excluding hydrogens is 415 g/mol. The third kappa shape index (κ3) is 4.00. The first-order valence-corrected chi connectivity index (χ1v) is 11.5. The van der Waals surface area contributed by atoms with Crippen LogP contribution in [-0.4, -0.2) is 56.3 Å². The van der Waals surface area contributed by atoms with Crippen LogP contribution >= 0.6 is 0 Å². The number of sulfone groups is 1. The summed E-state index contributed by atoms with van der Waals surface area (Å²) in [5.74, 6) is -1.98. The Labute approximate surface area is 173 Å². The lowest BCUT2D eigenvalue weighted by Crippen LogP contribution is -2.27. The van der Waals surface area contributed by atoms with Crippen LogP contribution in [-0.2, 0) is 9.84 Å². The van der Waals surface area contributed by atoms with E-state index in [0.717, 1.165) is 25.2 Å². The van der Waals surface area contributed by atoms with E-state index in [1.807, 2.05) is 0 Å². The third-order valence-corrected chi connectivity index (χ3v) is 7.25. The van der Waals surface area contributed by atoms with E-state index in [2.05, 4.69) is 0 Å². The van der Waals surface area contributed by atoms with Gasteiger partial charge in [-0.15, -0.1) is 0 Å². The van der Waals surface area contributed by atoms with Gasteiger partial charge in [0.2, 0.25) is 5.43 Å². The minimum atomic E-state index is -3.22. The first kappa shape index (κ1) is 22.1. The van der Waals surface area contributed by atoms with Gasteiger partial charge in [0.05, 0.1) is 23.3 Å². The zero-order chi connectivity index (χ0) is 22.4. The number of rotatable bonds is 8. The van der Waals surface area contributed by atoms with Crippen molar-refractivity contribution >= 4 is 32.4 Å². The molecule has 1 aliphatic carbocycles. The van der Waals surface area contributed by atoms with Gasteiger partial charge >= 0.3 is 5.97 Å². The fourth-order valence-electron chi connectivity index (χ4n) is 3.49. The van der Waals surface area contributed by atoms with Crippen molar-refractivity contribution in [2.24, 2.45) is 0 Å². The molecule has 1 aromatic heterocycles. The van der Waals surface area contributed by atoms with Crippen LogP contribution in [0.4, 0.5) is 10.1 Å². The van der Waals surface area contributed by atoms with Gasteiger partial charge in [-0.3, -0.25) is 4.79 Å². The van der Waals surface area contributed by atoms with Crippen LogP contribution in [0, 0.1) is 5.82 Å². The molecule has 0 bridgehead atoms. The quantitative estimate of drug-likeness (QED) is 0.672. The van der Waals surface area contributed by atoms with Gasteiger partial charge in [0.1, 0.15) is 21.1 Å². The minimum absolute atomic E-state index is 0.00831. The largest absolute Gasteiger partial charge is 0.492 e. The lowest BCUT2D eigenvalue weighted by molar-refractivity contribution is 0.0694. The Hall–Kier alpha value is -2.62. The Morgan fingerprint density at radius 2 is 2.07 bits per heavy atom. The topological polar surface area (TPSA) is 106 Å². The number of carboxylic acid groups (broad SMARTS) is 1. The molecule has 1 aromatic carbocycles. The highest BCUT2D eigenvalue weighted by atomic mass is 32.2. The number of hydrogen-bond acceptors (Lipinski definition) is 6. The Balaban J connectivity index is 2.18. The molecule has 2 aromatic rings. The molecule has 0 saturated heterocycles. The van der Waals surface area contributed by atoms with Crippen LogP contribution in [0.5, 0.6) is 5.75 Å². The maximum Gasteiger partial charge on any atom is 0.341 e. The highest BCUT2D eigenvalue weighted by Crippen LogP contribution is 2.43. The van der Waals surface area contributed by atoms with Crippen molar-refractivity contribution in [3.63, 3.8) is 0 Å². The van der Waals surface area contributed by atoms with Gasteiger partial charge in [-0.2, -0.15) is 0 Å². The van der Waals surface area contributed by atoms with Gasteiger partial charge in [-0.05, 0) is 32.3 Å². The van der Waals surface area contributed by atoms with Gasteiger partial charge in [-0.1, -0.05) is 0 Å². The number of benzene rings is 1. The normalized spacial score (nSPS) is 15.2. The molecule has 0 spiro atoms. The first-order valence-electron chi connectivity index (χ1n) is 9.56. The molecular formula is C20H25FN2O6S. The van der Waals surface area contributed by atoms with Crippen molar-refractivity contribution in [3.05, 3.63) is 33.9 Å². The molecule has 1 N–H and O–H groups in total. The second-order valence-electron chi connectivity index (χ2n) is 7.80. The minimum Gasteiger partial charge on any atom is -0.492 e. The molecule has 1 unspecified atom stereocenters. The smallest absolute Gasteiger partial charge is 0.341 e. The number of ether oxygens (including phenoxy) is 1. The van der Waals surface area contributed by atoms with E-state index in [0.29, 0.717) is 5.52 Å². The molecule has 1 aliphatic rings. The maximum atomic E-state index is 15.1.